The number of rotatable bonds is 4. The van der Waals surface area contributed by atoms with Gasteiger partial charge in [0.1, 0.15) is 12.7 Å². The molecule has 1 aliphatic carbocycles. The zero-order valence-corrected chi connectivity index (χ0v) is 9.18. The van der Waals surface area contributed by atoms with Crippen molar-refractivity contribution in [3.8, 4) is 5.88 Å². The molecule has 1 aromatic heterocycles. The van der Waals surface area contributed by atoms with Gasteiger partial charge in [0.15, 0.2) is 0 Å². The van der Waals surface area contributed by atoms with E-state index < -0.39 is 0 Å². The van der Waals surface area contributed by atoms with Crippen molar-refractivity contribution in [3.05, 3.63) is 11.8 Å². The Hall–Kier alpha value is -1.36. The van der Waals surface area contributed by atoms with Crippen molar-refractivity contribution in [1.29, 1.82) is 0 Å². The summed E-state index contributed by atoms with van der Waals surface area (Å²) in [6.07, 6.45) is 2.50. The molecule has 0 spiro atoms. The minimum atomic E-state index is -0.0561. The van der Waals surface area contributed by atoms with Crippen LogP contribution in [0.1, 0.15) is 36.2 Å². The lowest BCUT2D eigenvalue weighted by atomic mass is 10.3. The molecule has 1 saturated heterocycles. The van der Waals surface area contributed by atoms with Crippen LogP contribution in [0.5, 0.6) is 5.88 Å². The predicted molar refractivity (Wildman–Crippen MR) is 55.7 cm³/mol. The van der Waals surface area contributed by atoms with Crippen molar-refractivity contribution in [1.82, 2.24) is 9.78 Å². The van der Waals surface area contributed by atoms with E-state index in [0.717, 1.165) is 25.1 Å². The molecule has 0 N–H and O–H groups in total. The van der Waals surface area contributed by atoms with Gasteiger partial charge >= 0.3 is 0 Å². The highest BCUT2D eigenvalue weighted by Gasteiger charge is 2.30. The van der Waals surface area contributed by atoms with Gasteiger partial charge < -0.3 is 9.47 Å². The molecule has 1 atom stereocenters. The molecule has 5 heteroatoms. The molecule has 2 heterocycles. The summed E-state index contributed by atoms with van der Waals surface area (Å²) < 4.78 is 12.0. The standard InChI is InChI=1S/C11H14N2O3/c1-7(14)13-10(8-2-3-8)4-11(12-13)16-6-9-5-15-9/h4,8-9H,2-3,5-6H2,1H3. The summed E-state index contributed by atoms with van der Waals surface area (Å²) in [6.45, 7) is 2.81. The average molecular weight is 222 g/mol. The third kappa shape index (κ3) is 1.95. The lowest BCUT2D eigenvalue weighted by Gasteiger charge is -1.99. The van der Waals surface area contributed by atoms with Crippen LogP contribution in [-0.4, -0.2) is 35.0 Å². The summed E-state index contributed by atoms with van der Waals surface area (Å²) in [7, 11) is 0. The van der Waals surface area contributed by atoms with E-state index in [0.29, 0.717) is 18.4 Å². The van der Waals surface area contributed by atoms with Crippen molar-refractivity contribution in [2.45, 2.75) is 31.8 Å². The van der Waals surface area contributed by atoms with Gasteiger partial charge in [0.25, 0.3) is 0 Å². The smallest absolute Gasteiger partial charge is 0.244 e. The molecule has 3 rings (SSSR count). The van der Waals surface area contributed by atoms with Crippen LogP contribution in [0.4, 0.5) is 0 Å². The maximum Gasteiger partial charge on any atom is 0.244 e. The fraction of sp³-hybridized carbons (Fsp3) is 0.636. The van der Waals surface area contributed by atoms with Gasteiger partial charge in [-0.05, 0) is 12.8 Å². The second-order valence-corrected chi connectivity index (χ2v) is 4.38. The van der Waals surface area contributed by atoms with E-state index in [4.69, 9.17) is 9.47 Å². The third-order valence-corrected chi connectivity index (χ3v) is 2.83. The monoisotopic (exact) mass is 222 g/mol. The van der Waals surface area contributed by atoms with Gasteiger partial charge in [0.05, 0.1) is 12.3 Å². The van der Waals surface area contributed by atoms with Crippen molar-refractivity contribution in [3.63, 3.8) is 0 Å². The summed E-state index contributed by atoms with van der Waals surface area (Å²) in [5.41, 5.74) is 0.985. The largest absolute Gasteiger partial charge is 0.474 e. The van der Waals surface area contributed by atoms with Crippen LogP contribution in [0.15, 0.2) is 6.07 Å². The van der Waals surface area contributed by atoms with Gasteiger partial charge in [-0.1, -0.05) is 0 Å². The molecule has 1 unspecified atom stereocenters. The Morgan fingerprint density at radius 1 is 1.69 bits per heavy atom. The van der Waals surface area contributed by atoms with E-state index in [1.807, 2.05) is 6.07 Å². The summed E-state index contributed by atoms with van der Waals surface area (Å²) in [6, 6.07) is 1.88. The molecular weight excluding hydrogens is 208 g/mol. The van der Waals surface area contributed by atoms with Gasteiger partial charge in [-0.3, -0.25) is 4.79 Å². The van der Waals surface area contributed by atoms with E-state index in [1.165, 1.54) is 11.6 Å². The second-order valence-electron chi connectivity index (χ2n) is 4.38. The average Bonchev–Trinajstić information content (AvgIpc) is 3.14. The summed E-state index contributed by atoms with van der Waals surface area (Å²) in [5, 5.41) is 4.16. The van der Waals surface area contributed by atoms with Crippen LogP contribution in [-0.2, 0) is 4.74 Å². The Morgan fingerprint density at radius 3 is 3.00 bits per heavy atom. The quantitative estimate of drug-likeness (QED) is 0.718. The first-order valence-corrected chi connectivity index (χ1v) is 5.59. The summed E-state index contributed by atoms with van der Waals surface area (Å²) >= 11 is 0. The molecule has 0 bridgehead atoms. The zero-order valence-electron chi connectivity index (χ0n) is 9.18. The van der Waals surface area contributed by atoms with Crippen LogP contribution in [0.2, 0.25) is 0 Å². The molecule has 0 radical (unpaired) electrons. The summed E-state index contributed by atoms with van der Waals surface area (Å²) in [5.74, 6) is 0.970. The molecule has 0 aromatic carbocycles. The van der Waals surface area contributed by atoms with E-state index in [1.54, 1.807) is 0 Å². The maximum atomic E-state index is 11.4. The van der Waals surface area contributed by atoms with Crippen molar-refractivity contribution >= 4 is 5.91 Å². The third-order valence-electron chi connectivity index (χ3n) is 2.83. The van der Waals surface area contributed by atoms with Crippen molar-refractivity contribution in [2.75, 3.05) is 13.2 Å². The molecule has 86 valence electrons. The fourth-order valence-corrected chi connectivity index (χ4v) is 1.71. The van der Waals surface area contributed by atoms with E-state index in [9.17, 15) is 4.79 Å². The lowest BCUT2D eigenvalue weighted by Crippen LogP contribution is -2.11. The minimum absolute atomic E-state index is 0.0561. The van der Waals surface area contributed by atoms with Crippen LogP contribution in [0.3, 0.4) is 0 Å². The SMILES string of the molecule is CC(=O)n1nc(OCC2CO2)cc1C1CC1. The zero-order chi connectivity index (χ0) is 11.1. The molecule has 1 aliphatic heterocycles. The minimum Gasteiger partial charge on any atom is -0.474 e. The van der Waals surface area contributed by atoms with Gasteiger partial charge in [0, 0.05) is 18.9 Å². The lowest BCUT2D eigenvalue weighted by molar-refractivity contribution is 0.0915. The second kappa shape index (κ2) is 3.59. The first kappa shape index (κ1) is 9.84. The molecule has 2 aliphatic rings. The molecular formula is C11H14N2O3. The van der Waals surface area contributed by atoms with Crippen LogP contribution >= 0.6 is 0 Å². The number of hydrogen-bond acceptors (Lipinski definition) is 4. The molecule has 5 nitrogen and oxygen atoms in total. The topological polar surface area (TPSA) is 56.7 Å². The molecule has 2 fully saturated rings. The maximum absolute atomic E-state index is 11.4. The van der Waals surface area contributed by atoms with Gasteiger partial charge in [0.2, 0.25) is 11.8 Å². The predicted octanol–water partition coefficient (Wildman–Crippen LogP) is 1.20. The van der Waals surface area contributed by atoms with Gasteiger partial charge in [-0.25, -0.2) is 4.68 Å². The van der Waals surface area contributed by atoms with Crippen LogP contribution in [0.25, 0.3) is 0 Å². The Balaban J connectivity index is 1.76. The highest BCUT2D eigenvalue weighted by Crippen LogP contribution is 2.41. The molecule has 0 amide bonds. The number of nitrogens with zero attached hydrogens (tertiary/aromatic N) is 2. The van der Waals surface area contributed by atoms with Crippen LogP contribution in [0, 0.1) is 0 Å². The highest BCUT2D eigenvalue weighted by molar-refractivity contribution is 5.76. The molecule has 1 aromatic rings. The molecule has 16 heavy (non-hydrogen) atoms. The first-order valence-electron chi connectivity index (χ1n) is 5.59. The molecule has 1 saturated carbocycles. The number of epoxide rings is 1. The fourth-order valence-electron chi connectivity index (χ4n) is 1.71. The van der Waals surface area contributed by atoms with Crippen molar-refractivity contribution < 1.29 is 14.3 Å². The van der Waals surface area contributed by atoms with E-state index >= 15 is 0 Å². The Labute approximate surface area is 93.3 Å². The number of aromatic nitrogens is 2. The van der Waals surface area contributed by atoms with Gasteiger partial charge in [-0.2, -0.15) is 0 Å². The van der Waals surface area contributed by atoms with E-state index in [2.05, 4.69) is 5.10 Å². The first-order chi connectivity index (χ1) is 7.74. The number of hydrogen-bond donors (Lipinski definition) is 0. The number of carbonyl (C=O) groups is 1. The Bertz CT molecular complexity index is 419. The van der Waals surface area contributed by atoms with Crippen LogP contribution < -0.4 is 4.74 Å². The Kier molecular flexibility index (Phi) is 2.21. The van der Waals surface area contributed by atoms with Gasteiger partial charge in [-0.15, -0.1) is 5.10 Å². The Morgan fingerprint density at radius 2 is 2.44 bits per heavy atom. The normalized spacial score (nSPS) is 23.2. The highest BCUT2D eigenvalue weighted by atomic mass is 16.6. The summed E-state index contributed by atoms with van der Waals surface area (Å²) in [4.78, 5) is 11.4. The van der Waals surface area contributed by atoms with E-state index in [-0.39, 0.29) is 12.0 Å². The van der Waals surface area contributed by atoms with Crippen molar-refractivity contribution in [2.24, 2.45) is 0 Å². The number of ether oxygens (including phenoxy) is 2. The number of carbonyl (C=O) groups excluding carboxylic acids is 1.